The topological polar surface area (TPSA) is 12.0 Å². The largest absolute Gasteiger partial charge is 0.390 e. The lowest BCUT2D eigenvalue weighted by Crippen LogP contribution is -2.35. The van der Waals surface area contributed by atoms with Gasteiger partial charge in [0.15, 0.2) is 0 Å². The van der Waals surface area contributed by atoms with Gasteiger partial charge in [-0.25, -0.2) is 0 Å². The van der Waals surface area contributed by atoms with Gasteiger partial charge in [0.2, 0.25) is 0 Å². The van der Waals surface area contributed by atoms with E-state index in [9.17, 15) is 13.2 Å². The van der Waals surface area contributed by atoms with Crippen LogP contribution in [-0.2, 0) is 0 Å². The number of alkyl halides is 3. The quantitative estimate of drug-likeness (QED) is 0.696. The molecule has 0 aromatic carbocycles. The van der Waals surface area contributed by atoms with Crippen LogP contribution in [0.25, 0.3) is 0 Å². The molecule has 0 saturated heterocycles. The van der Waals surface area contributed by atoms with E-state index >= 15 is 0 Å². The van der Waals surface area contributed by atoms with Crippen LogP contribution in [-0.4, -0.2) is 18.8 Å². The predicted molar refractivity (Wildman–Crippen MR) is 56.8 cm³/mol. The number of nitrogens with one attached hydrogen (secondary N) is 1. The summed E-state index contributed by atoms with van der Waals surface area (Å²) in [5, 5.41) is 2.91. The molecule has 0 aromatic rings. The summed E-state index contributed by atoms with van der Waals surface area (Å²) in [4.78, 5) is 0. The molecule has 0 amide bonds. The third-order valence-corrected chi connectivity index (χ3v) is 2.44. The van der Waals surface area contributed by atoms with Gasteiger partial charge in [0.25, 0.3) is 0 Å². The summed E-state index contributed by atoms with van der Waals surface area (Å²) in [5.41, 5.74) is 0. The molecular weight excluding hydrogens is 203 g/mol. The van der Waals surface area contributed by atoms with Crippen molar-refractivity contribution in [3.05, 3.63) is 0 Å². The first-order valence-electron chi connectivity index (χ1n) is 5.69. The molecule has 0 saturated carbocycles. The van der Waals surface area contributed by atoms with E-state index in [2.05, 4.69) is 12.2 Å². The van der Waals surface area contributed by atoms with Crippen LogP contribution in [0.4, 0.5) is 13.2 Å². The highest BCUT2D eigenvalue weighted by Crippen LogP contribution is 2.25. The zero-order valence-corrected chi connectivity index (χ0v) is 9.82. The second-order valence-electron chi connectivity index (χ2n) is 4.20. The molecule has 0 fully saturated rings. The predicted octanol–water partition coefficient (Wildman–Crippen LogP) is 3.74. The summed E-state index contributed by atoms with van der Waals surface area (Å²) < 4.78 is 36.7. The average Bonchev–Trinajstić information content (AvgIpc) is 2.01. The molecule has 1 nitrogen and oxygen atoms in total. The number of halogens is 3. The maximum atomic E-state index is 12.2. The van der Waals surface area contributed by atoms with Crippen molar-refractivity contribution in [2.75, 3.05) is 6.54 Å². The van der Waals surface area contributed by atoms with E-state index in [1.54, 1.807) is 0 Å². The number of rotatable bonds is 7. The Bertz CT molecular complexity index is 156. The maximum Gasteiger partial charge on any atom is 0.390 e. The van der Waals surface area contributed by atoms with Gasteiger partial charge in [-0.2, -0.15) is 13.2 Å². The van der Waals surface area contributed by atoms with Crippen molar-refractivity contribution in [3.63, 3.8) is 0 Å². The molecule has 0 aromatic heterocycles. The van der Waals surface area contributed by atoms with Crippen LogP contribution in [0.15, 0.2) is 0 Å². The molecule has 4 heteroatoms. The summed E-state index contributed by atoms with van der Waals surface area (Å²) in [7, 11) is 0. The zero-order chi connectivity index (χ0) is 11.9. The van der Waals surface area contributed by atoms with Crippen LogP contribution in [0.3, 0.4) is 0 Å². The van der Waals surface area contributed by atoms with Gasteiger partial charge in [0.05, 0.1) is 6.42 Å². The van der Waals surface area contributed by atoms with E-state index in [0.717, 1.165) is 12.8 Å². The van der Waals surface area contributed by atoms with Crippen LogP contribution < -0.4 is 5.32 Å². The molecule has 0 aliphatic rings. The third-order valence-electron chi connectivity index (χ3n) is 2.44. The van der Waals surface area contributed by atoms with Gasteiger partial charge < -0.3 is 5.32 Å². The molecule has 0 aliphatic carbocycles. The van der Waals surface area contributed by atoms with Gasteiger partial charge in [-0.1, -0.05) is 33.6 Å². The van der Waals surface area contributed by atoms with Crippen LogP contribution >= 0.6 is 0 Å². The normalized spacial score (nSPS) is 16.4. The lowest BCUT2D eigenvalue weighted by atomic mass is 9.95. The Hall–Kier alpha value is -0.250. The van der Waals surface area contributed by atoms with E-state index < -0.39 is 18.6 Å². The Morgan fingerprint density at radius 3 is 2.20 bits per heavy atom. The van der Waals surface area contributed by atoms with Crippen LogP contribution in [0, 0.1) is 5.92 Å². The van der Waals surface area contributed by atoms with Crippen molar-refractivity contribution >= 4 is 0 Å². The fraction of sp³-hybridized carbons (Fsp3) is 1.00. The van der Waals surface area contributed by atoms with Gasteiger partial charge in [0.1, 0.15) is 0 Å². The van der Waals surface area contributed by atoms with E-state index in [0.29, 0.717) is 18.9 Å². The van der Waals surface area contributed by atoms with Gasteiger partial charge in [-0.05, 0) is 18.9 Å². The molecular formula is C11H22F3N. The number of hydrogen-bond donors (Lipinski definition) is 1. The second kappa shape index (κ2) is 7.09. The molecule has 0 bridgehead atoms. The van der Waals surface area contributed by atoms with Crippen molar-refractivity contribution in [1.29, 1.82) is 0 Å². The minimum Gasteiger partial charge on any atom is -0.314 e. The molecule has 0 spiro atoms. The molecule has 0 radical (unpaired) electrons. The van der Waals surface area contributed by atoms with E-state index in [1.165, 1.54) is 0 Å². The molecule has 1 N–H and O–H groups in total. The first-order chi connectivity index (χ1) is 6.89. The first kappa shape index (κ1) is 14.8. The summed E-state index contributed by atoms with van der Waals surface area (Å²) in [5.74, 6) is 0.362. The highest BCUT2D eigenvalue weighted by molar-refractivity contribution is 4.73. The van der Waals surface area contributed by atoms with Crippen molar-refractivity contribution < 1.29 is 13.2 Å². The molecule has 2 atom stereocenters. The molecule has 0 rings (SSSR count). The maximum absolute atomic E-state index is 12.2. The van der Waals surface area contributed by atoms with Crippen LogP contribution in [0.2, 0.25) is 0 Å². The fourth-order valence-electron chi connectivity index (χ4n) is 1.90. The third kappa shape index (κ3) is 8.73. The summed E-state index contributed by atoms with van der Waals surface area (Å²) >= 11 is 0. The highest BCUT2D eigenvalue weighted by Gasteiger charge is 2.31. The summed E-state index contributed by atoms with van der Waals surface area (Å²) in [6.45, 7) is 6.51. The second-order valence-corrected chi connectivity index (χ2v) is 4.20. The molecule has 0 heterocycles. The monoisotopic (exact) mass is 225 g/mol. The molecule has 0 aliphatic heterocycles. The Morgan fingerprint density at radius 1 is 1.20 bits per heavy atom. The lowest BCUT2D eigenvalue weighted by Gasteiger charge is -2.22. The standard InChI is InChI=1S/C11H22F3N/c1-4-6-9(3)7-10(15-5-2)8-11(12,13)14/h9-10,15H,4-8H2,1-3H3. The van der Waals surface area contributed by atoms with E-state index in [1.807, 2.05) is 13.8 Å². The van der Waals surface area contributed by atoms with Crippen LogP contribution in [0.5, 0.6) is 0 Å². The Balaban J connectivity index is 4.03. The molecule has 2 unspecified atom stereocenters. The smallest absolute Gasteiger partial charge is 0.314 e. The SMILES string of the molecule is CCCC(C)CC(CC(F)(F)F)NCC. The molecule has 92 valence electrons. The zero-order valence-electron chi connectivity index (χ0n) is 9.82. The van der Waals surface area contributed by atoms with Crippen LogP contribution in [0.1, 0.15) is 46.5 Å². The summed E-state index contributed by atoms with van der Waals surface area (Å²) in [6.07, 6.45) is -2.12. The highest BCUT2D eigenvalue weighted by atomic mass is 19.4. The van der Waals surface area contributed by atoms with Gasteiger partial charge in [-0.15, -0.1) is 0 Å². The number of hydrogen-bond acceptors (Lipinski definition) is 1. The molecule has 15 heavy (non-hydrogen) atoms. The fourth-order valence-corrected chi connectivity index (χ4v) is 1.90. The first-order valence-corrected chi connectivity index (χ1v) is 5.69. The van der Waals surface area contributed by atoms with Gasteiger partial charge in [0, 0.05) is 6.04 Å². The Labute approximate surface area is 90.4 Å². The Kier molecular flexibility index (Phi) is 6.98. The minimum atomic E-state index is -4.06. The van der Waals surface area contributed by atoms with E-state index in [-0.39, 0.29) is 0 Å². The van der Waals surface area contributed by atoms with E-state index in [4.69, 9.17) is 0 Å². The van der Waals surface area contributed by atoms with Crippen molar-refractivity contribution in [2.45, 2.75) is 58.7 Å². The Morgan fingerprint density at radius 2 is 1.80 bits per heavy atom. The van der Waals surface area contributed by atoms with Gasteiger partial charge >= 0.3 is 6.18 Å². The van der Waals surface area contributed by atoms with Crippen molar-refractivity contribution in [1.82, 2.24) is 5.32 Å². The van der Waals surface area contributed by atoms with Crippen molar-refractivity contribution in [3.8, 4) is 0 Å². The minimum absolute atomic E-state index is 0.362. The lowest BCUT2D eigenvalue weighted by molar-refractivity contribution is -0.140. The van der Waals surface area contributed by atoms with Crippen molar-refractivity contribution in [2.24, 2.45) is 5.92 Å². The average molecular weight is 225 g/mol. The van der Waals surface area contributed by atoms with Gasteiger partial charge in [-0.3, -0.25) is 0 Å². The summed E-state index contributed by atoms with van der Waals surface area (Å²) in [6, 6.07) is -0.420.